The summed E-state index contributed by atoms with van der Waals surface area (Å²) < 4.78 is 13.0. The standard InChI is InChI=1S/C19H18ClFN4/c1-13-23-18(22-11-10-14-2-4-15(20)5-3-14)12-19(24-13)25-17-8-6-16(21)7-9-17/h2-9,12H,10-11H2,1H3,(H2,22,23,24,25). The van der Waals surface area contributed by atoms with Crippen LogP contribution < -0.4 is 10.6 Å². The lowest BCUT2D eigenvalue weighted by atomic mass is 10.1. The van der Waals surface area contributed by atoms with Gasteiger partial charge in [0.15, 0.2) is 0 Å². The summed E-state index contributed by atoms with van der Waals surface area (Å²) in [7, 11) is 0. The zero-order valence-corrected chi connectivity index (χ0v) is 14.5. The summed E-state index contributed by atoms with van der Waals surface area (Å²) in [5.41, 5.74) is 1.97. The molecule has 0 radical (unpaired) electrons. The molecule has 1 aromatic heterocycles. The fourth-order valence-corrected chi connectivity index (χ4v) is 2.52. The molecule has 0 saturated carbocycles. The van der Waals surface area contributed by atoms with E-state index in [0.717, 1.165) is 29.5 Å². The summed E-state index contributed by atoms with van der Waals surface area (Å²) in [5, 5.41) is 7.19. The Labute approximate surface area is 151 Å². The van der Waals surface area contributed by atoms with Gasteiger partial charge in [-0.2, -0.15) is 0 Å². The first kappa shape index (κ1) is 17.2. The molecule has 0 aliphatic heterocycles. The van der Waals surface area contributed by atoms with Crippen molar-refractivity contribution in [3.8, 4) is 0 Å². The Bertz CT molecular complexity index is 835. The predicted molar refractivity (Wildman–Crippen MR) is 100 cm³/mol. The summed E-state index contributed by atoms with van der Waals surface area (Å²) >= 11 is 5.89. The molecule has 3 rings (SSSR count). The Kier molecular flexibility index (Phi) is 5.46. The molecule has 2 aromatic carbocycles. The second-order valence-corrected chi connectivity index (χ2v) is 6.06. The number of aryl methyl sites for hydroxylation is 1. The number of aromatic nitrogens is 2. The zero-order valence-electron chi connectivity index (χ0n) is 13.8. The second-order valence-electron chi connectivity index (χ2n) is 5.62. The maximum absolute atomic E-state index is 13.0. The van der Waals surface area contributed by atoms with Crippen LogP contribution in [0.3, 0.4) is 0 Å². The van der Waals surface area contributed by atoms with E-state index >= 15 is 0 Å². The Morgan fingerprint density at radius 2 is 1.64 bits per heavy atom. The highest BCUT2D eigenvalue weighted by atomic mass is 35.5. The van der Waals surface area contributed by atoms with Crippen molar-refractivity contribution in [1.29, 1.82) is 0 Å². The monoisotopic (exact) mass is 356 g/mol. The van der Waals surface area contributed by atoms with E-state index in [2.05, 4.69) is 20.6 Å². The number of nitrogens with one attached hydrogen (secondary N) is 2. The van der Waals surface area contributed by atoms with Crippen molar-refractivity contribution < 1.29 is 4.39 Å². The molecule has 0 spiro atoms. The van der Waals surface area contributed by atoms with Gasteiger partial charge in [0.2, 0.25) is 0 Å². The highest BCUT2D eigenvalue weighted by Crippen LogP contribution is 2.18. The normalized spacial score (nSPS) is 10.5. The average Bonchev–Trinajstić information content (AvgIpc) is 2.58. The van der Waals surface area contributed by atoms with Crippen molar-refractivity contribution in [2.24, 2.45) is 0 Å². The molecule has 0 saturated heterocycles. The first-order chi connectivity index (χ1) is 12.1. The van der Waals surface area contributed by atoms with E-state index in [4.69, 9.17) is 11.6 Å². The van der Waals surface area contributed by atoms with Crippen molar-refractivity contribution in [1.82, 2.24) is 9.97 Å². The van der Waals surface area contributed by atoms with Gasteiger partial charge in [-0.1, -0.05) is 23.7 Å². The van der Waals surface area contributed by atoms with Crippen molar-refractivity contribution in [2.45, 2.75) is 13.3 Å². The fourth-order valence-electron chi connectivity index (χ4n) is 2.39. The summed E-state index contributed by atoms with van der Waals surface area (Å²) in [5.74, 6) is 1.79. The van der Waals surface area contributed by atoms with Gasteiger partial charge in [-0.3, -0.25) is 0 Å². The number of benzene rings is 2. The molecular formula is C19H18ClFN4. The molecule has 2 N–H and O–H groups in total. The highest BCUT2D eigenvalue weighted by Gasteiger charge is 2.03. The molecule has 3 aromatic rings. The van der Waals surface area contributed by atoms with Gasteiger partial charge >= 0.3 is 0 Å². The van der Waals surface area contributed by atoms with Crippen LogP contribution >= 0.6 is 11.6 Å². The smallest absolute Gasteiger partial charge is 0.136 e. The van der Waals surface area contributed by atoms with Crippen LogP contribution in [0.2, 0.25) is 5.02 Å². The largest absolute Gasteiger partial charge is 0.370 e. The quantitative estimate of drug-likeness (QED) is 0.654. The van der Waals surface area contributed by atoms with Gasteiger partial charge in [-0.15, -0.1) is 0 Å². The van der Waals surface area contributed by atoms with Crippen molar-refractivity contribution in [3.05, 3.63) is 76.8 Å². The molecule has 0 aliphatic rings. The van der Waals surface area contributed by atoms with Crippen LogP contribution in [0.15, 0.2) is 54.6 Å². The van der Waals surface area contributed by atoms with Crippen LogP contribution in [-0.4, -0.2) is 16.5 Å². The minimum atomic E-state index is -0.269. The predicted octanol–water partition coefficient (Wildman–Crippen LogP) is 4.98. The molecule has 4 nitrogen and oxygen atoms in total. The molecule has 0 aliphatic carbocycles. The molecule has 25 heavy (non-hydrogen) atoms. The van der Waals surface area contributed by atoms with Gasteiger partial charge in [-0.25, -0.2) is 14.4 Å². The SMILES string of the molecule is Cc1nc(NCCc2ccc(Cl)cc2)cc(Nc2ccc(F)cc2)n1. The summed E-state index contributed by atoms with van der Waals surface area (Å²) in [6.45, 7) is 2.58. The van der Waals surface area contributed by atoms with E-state index in [1.165, 1.54) is 17.7 Å². The molecule has 128 valence electrons. The number of rotatable bonds is 6. The maximum Gasteiger partial charge on any atom is 0.136 e. The lowest BCUT2D eigenvalue weighted by Crippen LogP contribution is -2.08. The third kappa shape index (κ3) is 5.16. The van der Waals surface area contributed by atoms with Crippen molar-refractivity contribution in [3.63, 3.8) is 0 Å². The van der Waals surface area contributed by atoms with E-state index < -0.39 is 0 Å². The Hall–Kier alpha value is -2.66. The molecule has 0 atom stereocenters. The lowest BCUT2D eigenvalue weighted by Gasteiger charge is -2.10. The van der Waals surface area contributed by atoms with E-state index in [0.29, 0.717) is 11.6 Å². The summed E-state index contributed by atoms with van der Waals surface area (Å²) in [6.07, 6.45) is 0.862. The Morgan fingerprint density at radius 3 is 2.36 bits per heavy atom. The number of nitrogens with zero attached hydrogens (tertiary/aromatic N) is 2. The van der Waals surface area contributed by atoms with Gasteiger partial charge < -0.3 is 10.6 Å². The van der Waals surface area contributed by atoms with Crippen LogP contribution in [0.1, 0.15) is 11.4 Å². The van der Waals surface area contributed by atoms with Crippen LogP contribution in [0.25, 0.3) is 0 Å². The van der Waals surface area contributed by atoms with Crippen LogP contribution in [0, 0.1) is 12.7 Å². The number of hydrogen-bond donors (Lipinski definition) is 2. The van der Waals surface area contributed by atoms with Gasteiger partial charge in [0.25, 0.3) is 0 Å². The first-order valence-electron chi connectivity index (χ1n) is 7.95. The number of anilines is 3. The van der Waals surface area contributed by atoms with Crippen LogP contribution in [0.5, 0.6) is 0 Å². The van der Waals surface area contributed by atoms with E-state index in [9.17, 15) is 4.39 Å². The number of halogens is 2. The average molecular weight is 357 g/mol. The number of hydrogen-bond acceptors (Lipinski definition) is 4. The summed E-state index contributed by atoms with van der Waals surface area (Å²) in [4.78, 5) is 8.75. The lowest BCUT2D eigenvalue weighted by molar-refractivity contribution is 0.628. The second kappa shape index (κ2) is 7.94. The van der Waals surface area contributed by atoms with Crippen LogP contribution in [-0.2, 0) is 6.42 Å². The summed E-state index contributed by atoms with van der Waals surface area (Å²) in [6, 6.07) is 15.8. The molecule has 6 heteroatoms. The molecule has 0 bridgehead atoms. The van der Waals surface area contributed by atoms with Crippen molar-refractivity contribution >= 4 is 28.9 Å². The van der Waals surface area contributed by atoms with Gasteiger partial charge in [-0.05, 0) is 55.3 Å². The maximum atomic E-state index is 13.0. The highest BCUT2D eigenvalue weighted by molar-refractivity contribution is 6.30. The molecule has 1 heterocycles. The Morgan fingerprint density at radius 1 is 0.960 bits per heavy atom. The fraction of sp³-hybridized carbons (Fsp3) is 0.158. The third-order valence-electron chi connectivity index (χ3n) is 3.59. The molecule has 0 unspecified atom stereocenters. The van der Waals surface area contributed by atoms with E-state index in [1.807, 2.05) is 37.3 Å². The molecule has 0 fully saturated rings. The van der Waals surface area contributed by atoms with Gasteiger partial charge in [0.05, 0.1) is 0 Å². The van der Waals surface area contributed by atoms with Crippen molar-refractivity contribution in [2.75, 3.05) is 17.2 Å². The Balaban J connectivity index is 1.62. The van der Waals surface area contributed by atoms with Crippen LogP contribution in [0.4, 0.5) is 21.7 Å². The zero-order chi connectivity index (χ0) is 17.6. The van der Waals surface area contributed by atoms with E-state index in [-0.39, 0.29) is 5.82 Å². The molecule has 0 amide bonds. The third-order valence-corrected chi connectivity index (χ3v) is 3.84. The van der Waals surface area contributed by atoms with Gasteiger partial charge in [0, 0.05) is 23.3 Å². The minimum absolute atomic E-state index is 0.269. The molecular weight excluding hydrogens is 339 g/mol. The topological polar surface area (TPSA) is 49.8 Å². The van der Waals surface area contributed by atoms with E-state index in [1.54, 1.807) is 12.1 Å². The minimum Gasteiger partial charge on any atom is -0.370 e. The first-order valence-corrected chi connectivity index (χ1v) is 8.33. The van der Waals surface area contributed by atoms with Gasteiger partial charge in [0.1, 0.15) is 23.3 Å².